The van der Waals surface area contributed by atoms with Crippen molar-refractivity contribution in [1.29, 1.82) is 0 Å². The van der Waals surface area contributed by atoms with Gasteiger partial charge in [-0.25, -0.2) is 9.59 Å². The lowest BCUT2D eigenvalue weighted by Crippen LogP contribution is -2.59. The Balaban J connectivity index is 1.53. The molecule has 2 heterocycles. The molecule has 1 aromatic carbocycles. The maximum absolute atomic E-state index is 12.2. The van der Waals surface area contributed by atoms with Gasteiger partial charge >= 0.3 is 11.9 Å². The van der Waals surface area contributed by atoms with Crippen molar-refractivity contribution in [3.05, 3.63) is 53.1 Å². The third kappa shape index (κ3) is 7.65. The van der Waals surface area contributed by atoms with Crippen molar-refractivity contribution in [3.8, 4) is 11.5 Å². The molecule has 6 atom stereocenters. The van der Waals surface area contributed by atoms with E-state index in [-0.39, 0.29) is 12.7 Å². The maximum atomic E-state index is 12.2. The second-order valence-electron chi connectivity index (χ2n) is 9.05. The summed E-state index contributed by atoms with van der Waals surface area (Å²) in [7, 11) is 3.01. The number of hydrogen-bond donors (Lipinski definition) is 3. The van der Waals surface area contributed by atoms with Crippen LogP contribution in [0.5, 0.6) is 11.5 Å². The number of allylic oxidation sites excluding steroid dienone is 1. The fraction of sp³-hybridized carbons (Fsp3) is 0.481. The highest BCUT2D eigenvalue weighted by atomic mass is 16.7. The van der Waals surface area contributed by atoms with Crippen LogP contribution < -0.4 is 9.47 Å². The fourth-order valence-corrected chi connectivity index (χ4v) is 3.95. The van der Waals surface area contributed by atoms with Gasteiger partial charge in [-0.2, -0.15) is 0 Å². The number of rotatable bonds is 10. The van der Waals surface area contributed by atoms with Crippen LogP contribution in [0.4, 0.5) is 0 Å². The van der Waals surface area contributed by atoms with E-state index in [1.165, 1.54) is 32.4 Å². The maximum Gasteiger partial charge on any atom is 0.334 e. The average molecular weight is 535 g/mol. The number of hydrogen-bond acceptors (Lipinski definition) is 11. The van der Waals surface area contributed by atoms with Gasteiger partial charge in [0.2, 0.25) is 0 Å². The number of cyclic esters (lactones) is 1. The van der Waals surface area contributed by atoms with E-state index in [2.05, 4.69) is 0 Å². The molecule has 11 nitrogen and oxygen atoms in total. The summed E-state index contributed by atoms with van der Waals surface area (Å²) in [4.78, 5) is 24.2. The number of aliphatic hydroxyl groups excluding tert-OH is 3. The van der Waals surface area contributed by atoms with Crippen molar-refractivity contribution in [2.24, 2.45) is 0 Å². The Hall–Kier alpha value is -3.22. The molecule has 0 amide bonds. The van der Waals surface area contributed by atoms with Gasteiger partial charge in [-0.3, -0.25) is 0 Å². The zero-order valence-electron chi connectivity index (χ0n) is 21.7. The van der Waals surface area contributed by atoms with Crippen LogP contribution in [0.15, 0.2) is 47.6 Å². The zero-order valence-corrected chi connectivity index (χ0v) is 21.7. The highest BCUT2D eigenvalue weighted by Gasteiger charge is 2.44. The van der Waals surface area contributed by atoms with Crippen LogP contribution in [0.1, 0.15) is 25.8 Å². The average Bonchev–Trinajstić information content (AvgIpc) is 3.24. The predicted molar refractivity (Wildman–Crippen MR) is 134 cm³/mol. The van der Waals surface area contributed by atoms with Crippen molar-refractivity contribution < 1.29 is 53.3 Å². The van der Waals surface area contributed by atoms with E-state index in [0.29, 0.717) is 29.1 Å². The summed E-state index contributed by atoms with van der Waals surface area (Å²) in [6.45, 7) is 3.29. The normalized spacial score (nSPS) is 28.3. The molecule has 0 aliphatic carbocycles. The smallest absolute Gasteiger partial charge is 0.334 e. The summed E-state index contributed by atoms with van der Waals surface area (Å²) in [5.74, 6) is -0.138. The van der Waals surface area contributed by atoms with Crippen LogP contribution in [0.3, 0.4) is 0 Å². The molecule has 3 N–H and O–H groups in total. The van der Waals surface area contributed by atoms with E-state index in [4.69, 9.17) is 28.4 Å². The molecule has 11 heteroatoms. The predicted octanol–water partition coefficient (Wildman–Crippen LogP) is 1.29. The quantitative estimate of drug-likeness (QED) is 0.226. The van der Waals surface area contributed by atoms with Crippen molar-refractivity contribution in [2.75, 3.05) is 27.4 Å². The summed E-state index contributed by atoms with van der Waals surface area (Å²) < 4.78 is 31.9. The Morgan fingerprint density at radius 1 is 1.08 bits per heavy atom. The molecule has 38 heavy (non-hydrogen) atoms. The first-order chi connectivity index (χ1) is 18.1. The third-order valence-electron chi connectivity index (χ3n) is 5.93. The van der Waals surface area contributed by atoms with Gasteiger partial charge in [0.25, 0.3) is 0 Å². The van der Waals surface area contributed by atoms with Gasteiger partial charge in [0.05, 0.1) is 20.8 Å². The first-order valence-corrected chi connectivity index (χ1v) is 12.1. The minimum Gasteiger partial charge on any atom is -0.493 e. The number of carbonyl (C=O) groups is 2. The summed E-state index contributed by atoms with van der Waals surface area (Å²) in [5, 5.41) is 30.8. The molecule has 1 unspecified atom stereocenters. The second kappa shape index (κ2) is 13.5. The van der Waals surface area contributed by atoms with Gasteiger partial charge < -0.3 is 43.7 Å². The molecule has 0 bridgehead atoms. The molecular formula is C27H34O11. The minimum atomic E-state index is -1.61. The van der Waals surface area contributed by atoms with E-state index in [1.807, 2.05) is 19.9 Å². The molecule has 2 aliphatic heterocycles. The van der Waals surface area contributed by atoms with E-state index < -0.39 is 49.3 Å². The molecule has 0 spiro atoms. The minimum absolute atomic E-state index is 0.114. The van der Waals surface area contributed by atoms with Crippen LogP contribution in [-0.2, 0) is 28.5 Å². The third-order valence-corrected chi connectivity index (χ3v) is 5.93. The van der Waals surface area contributed by atoms with Gasteiger partial charge in [0.15, 0.2) is 17.8 Å². The molecule has 208 valence electrons. The van der Waals surface area contributed by atoms with Gasteiger partial charge in [-0.05, 0) is 49.8 Å². The van der Waals surface area contributed by atoms with E-state index in [1.54, 1.807) is 18.2 Å². The van der Waals surface area contributed by atoms with Crippen molar-refractivity contribution in [3.63, 3.8) is 0 Å². The number of esters is 2. The van der Waals surface area contributed by atoms with Crippen LogP contribution in [0.25, 0.3) is 6.08 Å². The van der Waals surface area contributed by atoms with Crippen LogP contribution in [0, 0.1) is 0 Å². The van der Waals surface area contributed by atoms with Crippen LogP contribution >= 0.6 is 0 Å². The zero-order chi connectivity index (χ0) is 27.8. The van der Waals surface area contributed by atoms with Crippen molar-refractivity contribution >= 4 is 18.0 Å². The lowest BCUT2D eigenvalue weighted by Gasteiger charge is -2.39. The largest absolute Gasteiger partial charge is 0.493 e. The molecule has 2 aliphatic rings. The number of methoxy groups -OCH3 is 2. The second-order valence-corrected chi connectivity index (χ2v) is 9.05. The first kappa shape index (κ1) is 29.3. The summed E-state index contributed by atoms with van der Waals surface area (Å²) in [5.41, 5.74) is 2.10. The molecule has 3 rings (SSSR count). The highest BCUT2D eigenvalue weighted by Crippen LogP contribution is 2.28. The Bertz CT molecular complexity index is 1070. The Kier molecular flexibility index (Phi) is 10.5. The SMILES string of the molecule is COc1ccc(/C=C/C(=O)OC[C@H]2O[C@@H](OC/C=C3/CC(C=C(C)C)OC3=O)[C@H](O)[C@@H](O)[C@@H]2O)cc1OC. The number of ether oxygens (including phenoxy) is 6. The molecule has 2 fully saturated rings. The topological polar surface area (TPSA) is 150 Å². The summed E-state index contributed by atoms with van der Waals surface area (Å²) in [6.07, 6.45) is -1.08. The highest BCUT2D eigenvalue weighted by molar-refractivity contribution is 5.91. The lowest BCUT2D eigenvalue weighted by atomic mass is 9.99. The van der Waals surface area contributed by atoms with E-state index >= 15 is 0 Å². The number of benzene rings is 1. The Labute approximate surface area is 220 Å². The van der Waals surface area contributed by atoms with E-state index in [9.17, 15) is 24.9 Å². The standard InChI is InChI=1S/C27H34O11/c1-15(2)11-18-13-17(26(32)37-18)9-10-35-27-25(31)24(30)23(29)21(38-27)14-36-22(28)8-6-16-5-7-19(33-3)20(12-16)34-4/h5-9,11-12,18,21,23-25,27,29-31H,10,13-14H2,1-4H3/b8-6+,17-9-/t18?,21-,23-,24+,25-,27-/m1/s1. The number of carbonyl (C=O) groups excluding carboxylic acids is 2. The van der Waals surface area contributed by atoms with Gasteiger partial charge in [0.1, 0.15) is 37.1 Å². The Morgan fingerprint density at radius 2 is 1.82 bits per heavy atom. The molecule has 0 aromatic heterocycles. The van der Waals surface area contributed by atoms with Crippen LogP contribution in [-0.4, -0.2) is 91.5 Å². The van der Waals surface area contributed by atoms with E-state index in [0.717, 1.165) is 5.57 Å². The van der Waals surface area contributed by atoms with Gasteiger partial charge in [-0.15, -0.1) is 0 Å². The Morgan fingerprint density at radius 3 is 2.50 bits per heavy atom. The van der Waals surface area contributed by atoms with Gasteiger partial charge in [-0.1, -0.05) is 11.6 Å². The number of aliphatic hydroxyl groups is 3. The monoisotopic (exact) mass is 534 g/mol. The van der Waals surface area contributed by atoms with Crippen LogP contribution in [0.2, 0.25) is 0 Å². The summed E-state index contributed by atoms with van der Waals surface area (Å²) >= 11 is 0. The molecule has 1 aromatic rings. The molecule has 0 saturated carbocycles. The van der Waals surface area contributed by atoms with Crippen molar-refractivity contribution in [1.82, 2.24) is 0 Å². The fourth-order valence-electron chi connectivity index (χ4n) is 3.95. The summed E-state index contributed by atoms with van der Waals surface area (Å²) in [6, 6.07) is 5.09. The molecular weight excluding hydrogens is 500 g/mol. The van der Waals surface area contributed by atoms with Gasteiger partial charge in [0, 0.05) is 18.1 Å². The molecule has 0 radical (unpaired) electrons. The van der Waals surface area contributed by atoms with Crippen molar-refractivity contribution in [2.45, 2.75) is 57.1 Å². The lowest BCUT2D eigenvalue weighted by molar-refractivity contribution is -0.299. The molecule has 2 saturated heterocycles. The first-order valence-electron chi connectivity index (χ1n) is 12.1.